The summed E-state index contributed by atoms with van der Waals surface area (Å²) < 4.78 is 5.50. The first kappa shape index (κ1) is 13.2. The third-order valence-electron chi connectivity index (χ3n) is 4.79. The molecule has 1 unspecified atom stereocenters. The van der Waals surface area contributed by atoms with Crippen molar-refractivity contribution >= 4 is 10.8 Å². The third-order valence-corrected chi connectivity index (χ3v) is 4.79. The van der Waals surface area contributed by atoms with E-state index in [9.17, 15) is 0 Å². The van der Waals surface area contributed by atoms with Crippen LogP contribution in [0.1, 0.15) is 36.4 Å². The molecule has 2 aliphatic rings. The molecule has 0 radical (unpaired) electrons. The van der Waals surface area contributed by atoms with Gasteiger partial charge in [0.2, 0.25) is 0 Å². The van der Waals surface area contributed by atoms with E-state index in [4.69, 9.17) is 4.74 Å². The second-order valence-electron chi connectivity index (χ2n) is 6.33. The molecule has 2 saturated heterocycles. The van der Waals surface area contributed by atoms with Crippen LogP contribution in [0.5, 0.6) is 0 Å². The number of rotatable bonds is 3. The van der Waals surface area contributed by atoms with Gasteiger partial charge in [0.05, 0.1) is 12.3 Å². The summed E-state index contributed by atoms with van der Waals surface area (Å²) in [6, 6.07) is 9.06. The molecule has 0 bridgehead atoms. The molecule has 0 amide bonds. The Bertz CT molecular complexity index is 628. The molecule has 0 saturated carbocycles. The summed E-state index contributed by atoms with van der Waals surface area (Å²) >= 11 is 0. The van der Waals surface area contributed by atoms with Crippen LogP contribution in [0.4, 0.5) is 0 Å². The fraction of sp³-hybridized carbons (Fsp3) is 0.500. The minimum absolute atomic E-state index is 0.568. The van der Waals surface area contributed by atoms with Gasteiger partial charge < -0.3 is 4.74 Å². The Morgan fingerprint density at radius 3 is 2.86 bits per heavy atom. The zero-order chi connectivity index (χ0) is 14.1. The van der Waals surface area contributed by atoms with E-state index in [-0.39, 0.29) is 0 Å². The number of hydrogen-bond donors (Lipinski definition) is 0. The van der Waals surface area contributed by atoms with Crippen LogP contribution in [0, 0.1) is 0 Å². The predicted molar refractivity (Wildman–Crippen MR) is 84.4 cm³/mol. The lowest BCUT2D eigenvalue weighted by Crippen LogP contribution is -2.18. The Kier molecular flexibility index (Phi) is 3.62. The number of pyridine rings is 1. The van der Waals surface area contributed by atoms with Gasteiger partial charge in [-0.05, 0) is 55.4 Å². The number of aromatic nitrogens is 1. The largest absolute Gasteiger partial charge is 0.381 e. The van der Waals surface area contributed by atoms with Crippen molar-refractivity contribution in [3.05, 3.63) is 41.7 Å². The Hall–Kier alpha value is -1.45. The highest BCUT2D eigenvalue weighted by atomic mass is 16.5. The van der Waals surface area contributed by atoms with Gasteiger partial charge in [-0.15, -0.1) is 0 Å². The van der Waals surface area contributed by atoms with Crippen LogP contribution in [-0.2, 0) is 11.3 Å². The quantitative estimate of drug-likeness (QED) is 0.863. The van der Waals surface area contributed by atoms with Gasteiger partial charge >= 0.3 is 0 Å². The molecule has 3 heteroatoms. The summed E-state index contributed by atoms with van der Waals surface area (Å²) in [5.41, 5.74) is 2.59. The monoisotopic (exact) mass is 282 g/mol. The summed E-state index contributed by atoms with van der Waals surface area (Å²) in [7, 11) is 0. The van der Waals surface area contributed by atoms with E-state index in [1.807, 2.05) is 6.20 Å². The lowest BCUT2D eigenvalue weighted by molar-refractivity contribution is 0.194. The van der Waals surface area contributed by atoms with Crippen molar-refractivity contribution in [3.8, 4) is 0 Å². The van der Waals surface area contributed by atoms with E-state index in [2.05, 4.69) is 34.1 Å². The van der Waals surface area contributed by atoms with Crippen LogP contribution in [-0.4, -0.2) is 36.2 Å². The average Bonchev–Trinajstić information content (AvgIpc) is 3.20. The van der Waals surface area contributed by atoms with E-state index < -0.39 is 0 Å². The molecule has 0 aliphatic carbocycles. The van der Waals surface area contributed by atoms with E-state index >= 15 is 0 Å². The molecule has 21 heavy (non-hydrogen) atoms. The SMILES string of the molecule is c1cc2cc(CN3CCCC3)ncc2cc1C1CCOC1. The molecule has 4 rings (SSSR count). The number of nitrogens with zero attached hydrogens (tertiary/aromatic N) is 2. The Labute approximate surface area is 125 Å². The molecule has 2 fully saturated rings. The van der Waals surface area contributed by atoms with Crippen molar-refractivity contribution in [2.24, 2.45) is 0 Å². The summed E-state index contributed by atoms with van der Waals surface area (Å²) in [6.45, 7) is 5.20. The Morgan fingerprint density at radius 1 is 1.14 bits per heavy atom. The highest BCUT2D eigenvalue weighted by molar-refractivity contribution is 5.82. The van der Waals surface area contributed by atoms with Crippen molar-refractivity contribution in [2.75, 3.05) is 26.3 Å². The lowest BCUT2D eigenvalue weighted by atomic mass is 9.96. The smallest absolute Gasteiger partial charge is 0.0550 e. The third kappa shape index (κ3) is 2.81. The molecule has 2 aliphatic heterocycles. The van der Waals surface area contributed by atoms with Gasteiger partial charge in [0.15, 0.2) is 0 Å². The normalized spacial score (nSPS) is 23.1. The number of benzene rings is 1. The number of fused-ring (bicyclic) bond motifs is 1. The molecule has 2 aromatic rings. The maximum absolute atomic E-state index is 5.50. The minimum Gasteiger partial charge on any atom is -0.381 e. The molecule has 1 aromatic heterocycles. The first-order valence-corrected chi connectivity index (χ1v) is 8.07. The first-order valence-electron chi connectivity index (χ1n) is 8.07. The molecule has 0 spiro atoms. The summed E-state index contributed by atoms with van der Waals surface area (Å²) in [6.07, 6.45) is 5.85. The fourth-order valence-electron chi connectivity index (χ4n) is 3.51. The highest BCUT2D eigenvalue weighted by Crippen LogP contribution is 2.28. The van der Waals surface area contributed by atoms with Gasteiger partial charge in [-0.3, -0.25) is 9.88 Å². The molecular formula is C18H22N2O. The first-order chi connectivity index (χ1) is 10.4. The maximum atomic E-state index is 5.50. The van der Waals surface area contributed by atoms with E-state index in [1.54, 1.807) is 0 Å². The summed E-state index contributed by atoms with van der Waals surface area (Å²) in [5.74, 6) is 0.568. The molecule has 3 heterocycles. The van der Waals surface area contributed by atoms with E-state index in [0.717, 1.165) is 26.2 Å². The lowest BCUT2D eigenvalue weighted by Gasteiger charge is -2.14. The van der Waals surface area contributed by atoms with Gasteiger partial charge in [-0.2, -0.15) is 0 Å². The van der Waals surface area contributed by atoms with Crippen LogP contribution in [0.25, 0.3) is 10.8 Å². The van der Waals surface area contributed by atoms with Gasteiger partial charge in [-0.25, -0.2) is 0 Å². The van der Waals surface area contributed by atoms with E-state index in [1.165, 1.54) is 48.0 Å². The van der Waals surface area contributed by atoms with Crippen molar-refractivity contribution in [1.29, 1.82) is 0 Å². The fourth-order valence-corrected chi connectivity index (χ4v) is 3.51. The summed E-state index contributed by atoms with van der Waals surface area (Å²) in [4.78, 5) is 7.16. The second kappa shape index (κ2) is 5.74. The second-order valence-corrected chi connectivity index (χ2v) is 6.33. The Balaban J connectivity index is 1.58. The van der Waals surface area contributed by atoms with Crippen LogP contribution in [0.3, 0.4) is 0 Å². The highest BCUT2D eigenvalue weighted by Gasteiger charge is 2.18. The molecule has 1 atom stereocenters. The van der Waals surface area contributed by atoms with Gasteiger partial charge in [0, 0.05) is 30.7 Å². The molecular weight excluding hydrogens is 260 g/mol. The zero-order valence-electron chi connectivity index (χ0n) is 12.4. The van der Waals surface area contributed by atoms with Crippen molar-refractivity contribution in [2.45, 2.75) is 31.7 Å². The van der Waals surface area contributed by atoms with Crippen molar-refractivity contribution in [3.63, 3.8) is 0 Å². The molecule has 3 nitrogen and oxygen atoms in total. The molecule has 0 N–H and O–H groups in total. The zero-order valence-corrected chi connectivity index (χ0v) is 12.4. The predicted octanol–water partition coefficient (Wildman–Crippen LogP) is 3.33. The van der Waals surface area contributed by atoms with Crippen LogP contribution in [0.15, 0.2) is 30.5 Å². The number of hydrogen-bond acceptors (Lipinski definition) is 3. The van der Waals surface area contributed by atoms with Crippen molar-refractivity contribution in [1.82, 2.24) is 9.88 Å². The van der Waals surface area contributed by atoms with Gasteiger partial charge in [0.25, 0.3) is 0 Å². The van der Waals surface area contributed by atoms with Crippen LogP contribution >= 0.6 is 0 Å². The standard InChI is InChI=1S/C18H22N2O/c1-2-7-20(6-1)12-18-10-15-4-3-14(9-17(15)11-19-18)16-5-8-21-13-16/h3-4,9-11,16H,1-2,5-8,12-13H2. The molecule has 1 aromatic carbocycles. The number of ether oxygens (including phenoxy) is 1. The van der Waals surface area contributed by atoms with Crippen LogP contribution in [0.2, 0.25) is 0 Å². The van der Waals surface area contributed by atoms with Gasteiger partial charge in [-0.1, -0.05) is 12.1 Å². The Morgan fingerprint density at radius 2 is 2.05 bits per heavy atom. The van der Waals surface area contributed by atoms with Crippen molar-refractivity contribution < 1.29 is 4.74 Å². The van der Waals surface area contributed by atoms with Gasteiger partial charge in [0.1, 0.15) is 0 Å². The van der Waals surface area contributed by atoms with E-state index in [0.29, 0.717) is 5.92 Å². The maximum Gasteiger partial charge on any atom is 0.0550 e. The van der Waals surface area contributed by atoms with Crippen LogP contribution < -0.4 is 0 Å². The topological polar surface area (TPSA) is 25.4 Å². The summed E-state index contributed by atoms with van der Waals surface area (Å²) in [5, 5.41) is 2.56. The molecule has 110 valence electrons. The average molecular weight is 282 g/mol. The minimum atomic E-state index is 0.568. The number of likely N-dealkylation sites (tertiary alicyclic amines) is 1.